The Hall–Kier alpha value is -2.53. The Labute approximate surface area is 154 Å². The molecule has 0 bridgehead atoms. The second-order valence-corrected chi connectivity index (χ2v) is 5.91. The third-order valence-electron chi connectivity index (χ3n) is 4.05. The summed E-state index contributed by atoms with van der Waals surface area (Å²) in [6.45, 7) is 4.77. The molecule has 25 heavy (non-hydrogen) atoms. The van der Waals surface area contributed by atoms with E-state index >= 15 is 0 Å². The summed E-state index contributed by atoms with van der Waals surface area (Å²) in [5.74, 6) is 1.40. The summed E-state index contributed by atoms with van der Waals surface area (Å²) in [5.41, 5.74) is 4.33. The molecule has 1 N–H and O–H groups in total. The number of halogens is 1. The number of hydrogen-bond acceptors (Lipinski definition) is 4. The number of anilines is 1. The van der Waals surface area contributed by atoms with Gasteiger partial charge in [0, 0.05) is 5.69 Å². The third-order valence-corrected chi connectivity index (χ3v) is 4.05. The largest absolute Gasteiger partial charge is 0.497 e. The monoisotopic (exact) mass is 359 g/mol. The smallest absolute Gasteiger partial charge is 0.251 e. The number of hydrogen-bond donors (Lipinski definition) is 1. The Morgan fingerprint density at radius 3 is 2.52 bits per heavy atom. The molecule has 0 aromatic heterocycles. The van der Waals surface area contributed by atoms with Crippen LogP contribution in [0.1, 0.15) is 16.7 Å². The van der Waals surface area contributed by atoms with E-state index in [4.69, 9.17) is 4.74 Å². The predicted octanol–water partition coefficient (Wildman–Crippen LogP) is 3.54. The minimum Gasteiger partial charge on any atom is -0.497 e. The first-order valence-electron chi connectivity index (χ1n) is 7.89. The van der Waals surface area contributed by atoms with Crippen LogP contribution in [0.15, 0.2) is 47.5 Å². The highest BCUT2D eigenvalue weighted by Gasteiger charge is 2.25. The summed E-state index contributed by atoms with van der Waals surface area (Å²) < 4.78 is 5.17. The van der Waals surface area contributed by atoms with Crippen molar-refractivity contribution < 1.29 is 9.53 Å². The van der Waals surface area contributed by atoms with Gasteiger partial charge in [0.2, 0.25) is 5.96 Å². The minimum absolute atomic E-state index is 0. The van der Waals surface area contributed by atoms with Gasteiger partial charge in [0.1, 0.15) is 12.3 Å². The molecule has 132 valence electrons. The zero-order valence-electron chi connectivity index (χ0n) is 14.6. The summed E-state index contributed by atoms with van der Waals surface area (Å²) in [6, 6.07) is 13.9. The minimum atomic E-state index is -0.00178. The molecule has 0 saturated heterocycles. The van der Waals surface area contributed by atoms with Crippen LogP contribution in [0.25, 0.3) is 0 Å². The number of nitrogens with zero attached hydrogens (tertiary/aromatic N) is 2. The van der Waals surface area contributed by atoms with Crippen molar-refractivity contribution >= 4 is 30.0 Å². The zero-order valence-corrected chi connectivity index (χ0v) is 15.4. The van der Waals surface area contributed by atoms with Gasteiger partial charge < -0.3 is 10.1 Å². The van der Waals surface area contributed by atoms with Crippen LogP contribution in [0.4, 0.5) is 5.69 Å². The van der Waals surface area contributed by atoms with E-state index in [1.165, 1.54) is 5.56 Å². The molecular weight excluding hydrogens is 338 g/mol. The van der Waals surface area contributed by atoms with Crippen LogP contribution in [0.3, 0.4) is 0 Å². The molecule has 0 atom stereocenters. The van der Waals surface area contributed by atoms with Crippen LogP contribution < -0.4 is 10.1 Å². The normalized spacial score (nSPS) is 13.3. The standard InChI is InChI=1S/C19H21N3O2.ClH/c1-13-4-9-17(14(2)10-13)21-19-20-11-18(23)22(19)12-15-5-7-16(24-3)8-6-15;/h4-10H,11-12H2,1-3H3,(H,20,21);1H. The van der Waals surface area contributed by atoms with E-state index < -0.39 is 0 Å². The lowest BCUT2D eigenvalue weighted by Gasteiger charge is -2.20. The third kappa shape index (κ3) is 4.31. The topological polar surface area (TPSA) is 53.9 Å². The predicted molar refractivity (Wildman–Crippen MR) is 103 cm³/mol. The summed E-state index contributed by atoms with van der Waals surface area (Å²) >= 11 is 0. The van der Waals surface area contributed by atoms with Crippen molar-refractivity contribution in [1.29, 1.82) is 0 Å². The number of aryl methyl sites for hydroxylation is 2. The molecule has 1 heterocycles. The van der Waals surface area contributed by atoms with E-state index in [1.54, 1.807) is 12.0 Å². The number of guanidine groups is 1. The van der Waals surface area contributed by atoms with Gasteiger partial charge in [-0.05, 0) is 43.2 Å². The highest BCUT2D eigenvalue weighted by Crippen LogP contribution is 2.20. The van der Waals surface area contributed by atoms with Gasteiger partial charge in [0.25, 0.3) is 5.91 Å². The van der Waals surface area contributed by atoms with E-state index in [9.17, 15) is 4.79 Å². The van der Waals surface area contributed by atoms with Gasteiger partial charge in [-0.1, -0.05) is 29.8 Å². The van der Waals surface area contributed by atoms with E-state index in [0.717, 1.165) is 22.6 Å². The van der Waals surface area contributed by atoms with Crippen LogP contribution in [-0.2, 0) is 11.3 Å². The van der Waals surface area contributed by atoms with Crippen molar-refractivity contribution in [1.82, 2.24) is 4.90 Å². The molecule has 0 fully saturated rings. The molecule has 0 saturated carbocycles. The fraction of sp³-hybridized carbons (Fsp3) is 0.263. The maximum atomic E-state index is 12.2. The first-order valence-corrected chi connectivity index (χ1v) is 7.89. The molecular formula is C19H22ClN3O2. The number of methoxy groups -OCH3 is 1. The molecule has 1 aliphatic rings. The Morgan fingerprint density at radius 1 is 1.16 bits per heavy atom. The van der Waals surface area contributed by atoms with E-state index in [1.807, 2.05) is 43.3 Å². The van der Waals surface area contributed by atoms with Gasteiger partial charge in [-0.2, -0.15) is 0 Å². The summed E-state index contributed by atoms with van der Waals surface area (Å²) in [5, 5.41) is 3.29. The van der Waals surface area contributed by atoms with Gasteiger partial charge in [-0.15, -0.1) is 12.4 Å². The molecule has 0 aliphatic carbocycles. The molecule has 0 radical (unpaired) electrons. The molecule has 2 aromatic rings. The quantitative estimate of drug-likeness (QED) is 0.908. The lowest BCUT2D eigenvalue weighted by molar-refractivity contribution is -0.125. The highest BCUT2D eigenvalue weighted by atomic mass is 35.5. The van der Waals surface area contributed by atoms with Crippen LogP contribution in [0.2, 0.25) is 0 Å². The second kappa shape index (κ2) is 8.03. The van der Waals surface area contributed by atoms with E-state index in [-0.39, 0.29) is 24.9 Å². The number of benzene rings is 2. The van der Waals surface area contributed by atoms with Crippen LogP contribution >= 0.6 is 12.4 Å². The molecule has 1 aliphatic heterocycles. The Morgan fingerprint density at radius 2 is 1.88 bits per heavy atom. The average Bonchev–Trinajstić information content (AvgIpc) is 2.91. The summed E-state index contributed by atoms with van der Waals surface area (Å²) in [6.07, 6.45) is 0. The fourth-order valence-corrected chi connectivity index (χ4v) is 2.69. The van der Waals surface area contributed by atoms with Crippen LogP contribution in [0.5, 0.6) is 5.75 Å². The van der Waals surface area contributed by atoms with Crippen LogP contribution in [-0.4, -0.2) is 30.4 Å². The molecule has 2 aromatic carbocycles. The van der Waals surface area contributed by atoms with Gasteiger partial charge in [0.05, 0.1) is 13.7 Å². The van der Waals surface area contributed by atoms with Crippen molar-refractivity contribution in [3.8, 4) is 5.75 Å². The van der Waals surface area contributed by atoms with Crippen molar-refractivity contribution in [3.05, 3.63) is 59.2 Å². The SMILES string of the molecule is COc1ccc(CN2C(=O)CN=C2Nc2ccc(C)cc2C)cc1.Cl. The number of aliphatic imine (C=N–C) groups is 1. The Bertz CT molecular complexity index is 788. The Kier molecular flexibility index (Phi) is 6.04. The number of ether oxygens (including phenoxy) is 1. The van der Waals surface area contributed by atoms with Gasteiger partial charge in [-0.3, -0.25) is 9.69 Å². The second-order valence-electron chi connectivity index (χ2n) is 5.91. The molecule has 5 nitrogen and oxygen atoms in total. The van der Waals surface area contributed by atoms with Crippen molar-refractivity contribution in [2.75, 3.05) is 19.0 Å². The summed E-state index contributed by atoms with van der Waals surface area (Å²) in [4.78, 5) is 18.2. The first kappa shape index (κ1) is 18.8. The van der Waals surface area contributed by atoms with Crippen LogP contribution in [0, 0.1) is 13.8 Å². The van der Waals surface area contributed by atoms with Gasteiger partial charge >= 0.3 is 0 Å². The summed E-state index contributed by atoms with van der Waals surface area (Å²) in [7, 11) is 1.64. The highest BCUT2D eigenvalue weighted by molar-refractivity contribution is 6.09. The maximum Gasteiger partial charge on any atom is 0.251 e. The number of amides is 1. The van der Waals surface area contributed by atoms with E-state index in [2.05, 4.69) is 23.3 Å². The Balaban J connectivity index is 0.00000225. The number of carbonyl (C=O) groups is 1. The van der Waals surface area contributed by atoms with Gasteiger partial charge in [-0.25, -0.2) is 4.99 Å². The first-order chi connectivity index (χ1) is 11.6. The molecule has 3 rings (SSSR count). The molecule has 6 heteroatoms. The lowest BCUT2D eigenvalue weighted by Crippen LogP contribution is -2.36. The van der Waals surface area contributed by atoms with Crippen molar-refractivity contribution in [2.45, 2.75) is 20.4 Å². The maximum absolute atomic E-state index is 12.2. The molecule has 1 amide bonds. The number of carbonyl (C=O) groups excluding carboxylic acids is 1. The van der Waals surface area contributed by atoms with Crippen molar-refractivity contribution in [2.24, 2.45) is 4.99 Å². The number of nitrogens with one attached hydrogen (secondary N) is 1. The number of rotatable bonds is 4. The van der Waals surface area contributed by atoms with E-state index in [0.29, 0.717) is 12.5 Å². The van der Waals surface area contributed by atoms with Gasteiger partial charge in [0.15, 0.2) is 0 Å². The molecule has 0 unspecified atom stereocenters. The molecule has 0 spiro atoms. The zero-order chi connectivity index (χ0) is 17.1. The fourth-order valence-electron chi connectivity index (χ4n) is 2.69. The average molecular weight is 360 g/mol. The van der Waals surface area contributed by atoms with Crippen molar-refractivity contribution in [3.63, 3.8) is 0 Å². The lowest BCUT2D eigenvalue weighted by atomic mass is 10.1.